The van der Waals surface area contributed by atoms with Gasteiger partial charge in [-0.2, -0.15) is 0 Å². The molecular weight excluding hydrogens is 366 g/mol. The molecular formula is C23H25N3O3. The van der Waals surface area contributed by atoms with Gasteiger partial charge in [0.25, 0.3) is 11.6 Å². The third-order valence-corrected chi connectivity index (χ3v) is 5.93. The highest BCUT2D eigenvalue weighted by atomic mass is 16.6. The van der Waals surface area contributed by atoms with E-state index in [2.05, 4.69) is 29.7 Å². The maximum atomic E-state index is 12.8. The molecule has 0 aromatic heterocycles. The van der Waals surface area contributed by atoms with Crippen molar-refractivity contribution in [1.82, 2.24) is 5.32 Å². The fourth-order valence-electron chi connectivity index (χ4n) is 4.51. The first-order valence-corrected chi connectivity index (χ1v) is 10.2. The number of fused-ring (bicyclic) bond motifs is 3. The highest BCUT2D eigenvalue weighted by Gasteiger charge is 2.41. The molecule has 1 amide bonds. The van der Waals surface area contributed by atoms with Gasteiger partial charge in [-0.25, -0.2) is 0 Å². The van der Waals surface area contributed by atoms with Gasteiger partial charge in [0, 0.05) is 18.5 Å². The van der Waals surface area contributed by atoms with Crippen molar-refractivity contribution in [2.24, 2.45) is 5.92 Å². The molecule has 6 nitrogen and oxygen atoms in total. The summed E-state index contributed by atoms with van der Waals surface area (Å²) in [6.07, 6.45) is 7.10. The summed E-state index contributed by atoms with van der Waals surface area (Å²) in [6.45, 7) is 2.72. The second-order valence-corrected chi connectivity index (χ2v) is 7.67. The molecule has 0 saturated carbocycles. The lowest BCUT2D eigenvalue weighted by Gasteiger charge is -2.38. The van der Waals surface area contributed by atoms with Crippen molar-refractivity contribution < 1.29 is 9.72 Å². The van der Waals surface area contributed by atoms with Crippen LogP contribution in [0.15, 0.2) is 54.6 Å². The van der Waals surface area contributed by atoms with E-state index in [1.54, 1.807) is 12.1 Å². The normalized spacial score (nSPS) is 21.8. The number of amides is 1. The van der Waals surface area contributed by atoms with Gasteiger partial charge < -0.3 is 10.6 Å². The summed E-state index contributed by atoms with van der Waals surface area (Å²) in [7, 11) is 0. The Balaban J connectivity index is 1.75. The largest absolute Gasteiger partial charge is 0.377 e. The first kappa shape index (κ1) is 19.2. The molecule has 0 saturated heterocycles. The van der Waals surface area contributed by atoms with Crippen LogP contribution in [0.2, 0.25) is 0 Å². The highest BCUT2D eigenvalue weighted by Crippen LogP contribution is 2.51. The second kappa shape index (κ2) is 8.07. The van der Waals surface area contributed by atoms with Crippen LogP contribution in [-0.4, -0.2) is 17.4 Å². The van der Waals surface area contributed by atoms with Crippen molar-refractivity contribution in [3.05, 3.63) is 81.4 Å². The minimum Gasteiger partial charge on any atom is -0.377 e. The van der Waals surface area contributed by atoms with Crippen LogP contribution in [0.5, 0.6) is 0 Å². The van der Waals surface area contributed by atoms with Crippen molar-refractivity contribution in [2.75, 3.05) is 11.9 Å². The van der Waals surface area contributed by atoms with Crippen LogP contribution in [0.25, 0.3) is 0 Å². The van der Waals surface area contributed by atoms with Crippen molar-refractivity contribution in [2.45, 2.75) is 38.1 Å². The molecule has 150 valence electrons. The average molecular weight is 391 g/mol. The van der Waals surface area contributed by atoms with Gasteiger partial charge in [-0.3, -0.25) is 14.9 Å². The quantitative estimate of drug-likeness (QED) is 0.316. The van der Waals surface area contributed by atoms with Crippen molar-refractivity contribution >= 4 is 17.3 Å². The summed E-state index contributed by atoms with van der Waals surface area (Å²) < 4.78 is 0. The van der Waals surface area contributed by atoms with E-state index in [0.29, 0.717) is 17.7 Å². The Bertz CT molecular complexity index is 970. The van der Waals surface area contributed by atoms with Gasteiger partial charge in [0.2, 0.25) is 0 Å². The molecule has 1 aliphatic carbocycles. The van der Waals surface area contributed by atoms with Crippen LogP contribution < -0.4 is 10.6 Å². The molecule has 29 heavy (non-hydrogen) atoms. The van der Waals surface area contributed by atoms with Gasteiger partial charge in [0.15, 0.2) is 0 Å². The van der Waals surface area contributed by atoms with E-state index < -0.39 is 0 Å². The molecule has 2 aromatic rings. The Morgan fingerprint density at radius 1 is 1.21 bits per heavy atom. The number of rotatable bonds is 6. The fourth-order valence-corrected chi connectivity index (χ4v) is 4.51. The number of anilines is 1. The number of nitro benzene ring substituents is 1. The molecule has 3 atom stereocenters. The van der Waals surface area contributed by atoms with Crippen LogP contribution in [0.3, 0.4) is 0 Å². The van der Waals surface area contributed by atoms with Crippen LogP contribution in [0.1, 0.15) is 59.6 Å². The minimum atomic E-state index is -0.326. The Morgan fingerprint density at radius 3 is 2.79 bits per heavy atom. The third-order valence-electron chi connectivity index (χ3n) is 5.93. The van der Waals surface area contributed by atoms with E-state index in [9.17, 15) is 14.9 Å². The number of hydrogen-bond donors (Lipinski definition) is 2. The lowest BCUT2D eigenvalue weighted by molar-refractivity contribution is -0.385. The number of para-hydroxylation sites is 2. The number of benzene rings is 2. The van der Waals surface area contributed by atoms with Gasteiger partial charge in [-0.15, -0.1) is 0 Å². The first-order chi connectivity index (χ1) is 14.1. The fraction of sp³-hybridized carbons (Fsp3) is 0.348. The molecule has 0 spiro atoms. The minimum absolute atomic E-state index is 0.107. The second-order valence-electron chi connectivity index (χ2n) is 7.67. The predicted molar refractivity (Wildman–Crippen MR) is 113 cm³/mol. The van der Waals surface area contributed by atoms with Crippen molar-refractivity contribution in [1.29, 1.82) is 0 Å². The van der Waals surface area contributed by atoms with E-state index in [4.69, 9.17) is 0 Å². The van der Waals surface area contributed by atoms with E-state index in [-0.39, 0.29) is 34.4 Å². The lowest BCUT2D eigenvalue weighted by Crippen LogP contribution is -2.32. The van der Waals surface area contributed by atoms with Gasteiger partial charge in [0.05, 0.1) is 27.8 Å². The predicted octanol–water partition coefficient (Wildman–Crippen LogP) is 4.95. The Morgan fingerprint density at radius 2 is 2.00 bits per heavy atom. The molecule has 1 aliphatic heterocycles. The molecule has 6 heteroatoms. The average Bonchev–Trinajstić information content (AvgIpc) is 3.23. The number of hydrogen-bond acceptors (Lipinski definition) is 4. The van der Waals surface area contributed by atoms with E-state index in [1.807, 2.05) is 30.3 Å². The van der Waals surface area contributed by atoms with Crippen LogP contribution in [-0.2, 0) is 0 Å². The number of carbonyl (C=O) groups is 1. The van der Waals surface area contributed by atoms with E-state index >= 15 is 0 Å². The zero-order valence-corrected chi connectivity index (χ0v) is 16.4. The summed E-state index contributed by atoms with van der Waals surface area (Å²) in [5.41, 5.74) is 3.26. The first-order valence-electron chi connectivity index (χ1n) is 10.2. The molecule has 0 bridgehead atoms. The van der Waals surface area contributed by atoms with Gasteiger partial charge in [0.1, 0.15) is 0 Å². The maximum absolute atomic E-state index is 12.8. The zero-order chi connectivity index (χ0) is 20.4. The van der Waals surface area contributed by atoms with E-state index in [0.717, 1.165) is 30.5 Å². The summed E-state index contributed by atoms with van der Waals surface area (Å²) in [5.74, 6) is 0.214. The SMILES string of the molecule is CCCCNC(=O)c1cccc2c1NC(c1ccccc1[N+](=O)[O-])C1CC=CC21. The Labute approximate surface area is 170 Å². The van der Waals surface area contributed by atoms with Crippen LogP contribution in [0.4, 0.5) is 11.4 Å². The smallest absolute Gasteiger partial charge is 0.274 e. The maximum Gasteiger partial charge on any atom is 0.274 e. The molecule has 0 radical (unpaired) electrons. The third kappa shape index (κ3) is 3.50. The zero-order valence-electron chi connectivity index (χ0n) is 16.4. The number of unbranched alkanes of at least 4 members (excludes halogenated alkanes) is 1. The Hall–Kier alpha value is -3.15. The molecule has 2 aromatic carbocycles. The molecule has 2 aliphatic rings. The van der Waals surface area contributed by atoms with E-state index in [1.165, 1.54) is 0 Å². The Kier molecular flexibility index (Phi) is 5.34. The van der Waals surface area contributed by atoms with Gasteiger partial charge >= 0.3 is 0 Å². The summed E-state index contributed by atoms with van der Waals surface area (Å²) in [4.78, 5) is 24.1. The topological polar surface area (TPSA) is 84.3 Å². The molecule has 4 rings (SSSR count). The van der Waals surface area contributed by atoms with Gasteiger partial charge in [-0.1, -0.05) is 55.8 Å². The van der Waals surface area contributed by atoms with Crippen LogP contribution in [0, 0.1) is 16.0 Å². The summed E-state index contributed by atoms with van der Waals surface area (Å²) in [6, 6.07) is 12.5. The number of carbonyl (C=O) groups excluding carboxylic acids is 1. The standard InChI is InChI=1S/C23H25N3O3/c1-2-3-14-24-23(27)19-12-7-11-17-15-9-6-10-16(15)21(25-22(17)19)18-8-4-5-13-20(18)26(28)29/h4-9,11-13,15-16,21,25H,2-3,10,14H2,1H3,(H,24,27). The molecule has 2 N–H and O–H groups in total. The number of allylic oxidation sites excluding steroid dienone is 2. The van der Waals surface area contributed by atoms with Crippen LogP contribution >= 0.6 is 0 Å². The number of nitrogens with zero attached hydrogens (tertiary/aromatic N) is 1. The number of nitro groups is 1. The van der Waals surface area contributed by atoms with Crippen molar-refractivity contribution in [3.63, 3.8) is 0 Å². The number of nitrogens with one attached hydrogen (secondary N) is 2. The molecule has 1 heterocycles. The summed E-state index contributed by atoms with van der Waals surface area (Å²) >= 11 is 0. The lowest BCUT2D eigenvalue weighted by atomic mass is 9.76. The van der Waals surface area contributed by atoms with Crippen molar-refractivity contribution in [3.8, 4) is 0 Å². The monoisotopic (exact) mass is 391 g/mol. The highest BCUT2D eigenvalue weighted by molar-refractivity contribution is 6.00. The summed E-state index contributed by atoms with van der Waals surface area (Å²) in [5, 5.41) is 18.1. The van der Waals surface area contributed by atoms with Gasteiger partial charge in [-0.05, 0) is 30.4 Å². The molecule has 0 fully saturated rings. The molecule has 3 unspecified atom stereocenters.